The molecule has 0 radical (unpaired) electrons. The van der Waals surface area contributed by atoms with Gasteiger partial charge in [-0.05, 0) is 68.5 Å². The van der Waals surface area contributed by atoms with Gasteiger partial charge in [-0.3, -0.25) is 4.79 Å². The van der Waals surface area contributed by atoms with Crippen LogP contribution in [0.1, 0.15) is 41.6 Å². The minimum atomic E-state index is -0.464. The molecule has 4 N–H and O–H groups in total. The zero-order valence-corrected chi connectivity index (χ0v) is 17.7. The highest BCUT2D eigenvalue weighted by atomic mass is 16.5. The van der Waals surface area contributed by atoms with E-state index in [9.17, 15) is 9.90 Å². The van der Waals surface area contributed by atoms with Gasteiger partial charge in [-0.25, -0.2) is 0 Å². The van der Waals surface area contributed by atoms with E-state index in [0.29, 0.717) is 5.56 Å². The first-order valence-corrected chi connectivity index (χ1v) is 10.7. The van der Waals surface area contributed by atoms with Crippen LogP contribution in [0.25, 0.3) is 11.1 Å². The van der Waals surface area contributed by atoms with E-state index >= 15 is 0 Å². The zero-order chi connectivity index (χ0) is 21.8. The number of primary amides is 1. The molecule has 1 aliphatic carbocycles. The van der Waals surface area contributed by atoms with Gasteiger partial charge >= 0.3 is 0 Å². The van der Waals surface area contributed by atoms with Gasteiger partial charge < -0.3 is 20.9 Å². The summed E-state index contributed by atoms with van der Waals surface area (Å²) in [5.41, 5.74) is 9.86. The highest BCUT2D eigenvalue weighted by Crippen LogP contribution is 2.36. The monoisotopic (exact) mass is 416 g/mol. The standard InChI is InChI=1S/C26H28N2O3/c1-17-6-13-21(14-7-17)31-25-5-3-2-4-22(25)18-8-15-23(26(27)30)24(16-18)28-19-9-11-20(29)12-10-19/h2-8,13-16,19-20,28-29H,9-12H2,1H3,(H2,27,30). The minimum absolute atomic E-state index is 0.204. The van der Waals surface area contributed by atoms with Crippen molar-refractivity contribution < 1.29 is 14.6 Å². The third kappa shape index (κ3) is 5.06. The van der Waals surface area contributed by atoms with Crippen LogP contribution in [0.4, 0.5) is 5.69 Å². The summed E-state index contributed by atoms with van der Waals surface area (Å²) >= 11 is 0. The first kappa shape index (κ1) is 20.9. The molecule has 4 rings (SSSR count). The van der Waals surface area contributed by atoms with E-state index in [1.54, 1.807) is 6.07 Å². The van der Waals surface area contributed by atoms with Crippen molar-refractivity contribution in [2.75, 3.05) is 5.32 Å². The number of benzene rings is 3. The van der Waals surface area contributed by atoms with Crippen molar-refractivity contribution in [3.8, 4) is 22.6 Å². The Bertz CT molecular complexity index is 1050. The van der Waals surface area contributed by atoms with Crippen LogP contribution >= 0.6 is 0 Å². The van der Waals surface area contributed by atoms with Gasteiger partial charge in [0.1, 0.15) is 11.5 Å². The molecule has 1 amide bonds. The number of aryl methyl sites for hydroxylation is 1. The summed E-state index contributed by atoms with van der Waals surface area (Å²) in [5, 5.41) is 13.3. The summed E-state index contributed by atoms with van der Waals surface area (Å²) in [6, 6.07) is 21.6. The molecule has 160 valence electrons. The molecule has 1 saturated carbocycles. The van der Waals surface area contributed by atoms with Crippen LogP contribution in [0.2, 0.25) is 0 Å². The molecule has 0 aliphatic heterocycles. The molecule has 1 fully saturated rings. The molecule has 0 heterocycles. The van der Waals surface area contributed by atoms with Crippen molar-refractivity contribution in [2.24, 2.45) is 5.73 Å². The molecule has 0 saturated heterocycles. The summed E-state index contributed by atoms with van der Waals surface area (Å²) in [6.45, 7) is 2.04. The third-order valence-electron chi connectivity index (χ3n) is 5.79. The number of ether oxygens (including phenoxy) is 1. The Hall–Kier alpha value is -3.31. The molecule has 0 atom stereocenters. The van der Waals surface area contributed by atoms with Crippen LogP contribution in [-0.4, -0.2) is 23.2 Å². The van der Waals surface area contributed by atoms with E-state index in [0.717, 1.165) is 54.0 Å². The summed E-state index contributed by atoms with van der Waals surface area (Å²) in [7, 11) is 0. The lowest BCUT2D eigenvalue weighted by Crippen LogP contribution is -2.29. The lowest BCUT2D eigenvalue weighted by molar-refractivity contribution is 0.100. The predicted octanol–water partition coefficient (Wildman–Crippen LogP) is 5.27. The first-order valence-electron chi connectivity index (χ1n) is 10.7. The number of carbonyl (C=O) groups excluding carboxylic acids is 1. The molecule has 31 heavy (non-hydrogen) atoms. The number of nitrogens with one attached hydrogen (secondary N) is 1. The first-order chi connectivity index (χ1) is 15.0. The van der Waals surface area contributed by atoms with E-state index < -0.39 is 5.91 Å². The maximum Gasteiger partial charge on any atom is 0.250 e. The maximum atomic E-state index is 12.0. The Kier molecular flexibility index (Phi) is 6.23. The fourth-order valence-corrected chi connectivity index (χ4v) is 4.01. The third-order valence-corrected chi connectivity index (χ3v) is 5.79. The second-order valence-corrected chi connectivity index (χ2v) is 8.19. The van der Waals surface area contributed by atoms with Crippen LogP contribution in [-0.2, 0) is 0 Å². The summed E-state index contributed by atoms with van der Waals surface area (Å²) in [5.74, 6) is 1.05. The number of hydrogen-bond donors (Lipinski definition) is 3. The van der Waals surface area contributed by atoms with Gasteiger partial charge in [0, 0.05) is 17.3 Å². The number of carbonyl (C=O) groups is 1. The van der Waals surface area contributed by atoms with E-state index in [1.807, 2.05) is 67.6 Å². The molecule has 0 aromatic heterocycles. The quantitative estimate of drug-likeness (QED) is 0.511. The Morgan fingerprint density at radius 3 is 2.42 bits per heavy atom. The fourth-order valence-electron chi connectivity index (χ4n) is 4.01. The van der Waals surface area contributed by atoms with Gasteiger partial charge in [0.2, 0.25) is 0 Å². The normalized spacial score (nSPS) is 18.4. The summed E-state index contributed by atoms with van der Waals surface area (Å²) in [4.78, 5) is 12.0. The number of rotatable bonds is 6. The number of nitrogens with two attached hydrogens (primary N) is 1. The number of hydrogen-bond acceptors (Lipinski definition) is 4. The largest absolute Gasteiger partial charge is 0.457 e. The van der Waals surface area contributed by atoms with Crippen LogP contribution < -0.4 is 15.8 Å². The molecule has 0 bridgehead atoms. The van der Waals surface area contributed by atoms with Crippen molar-refractivity contribution in [1.82, 2.24) is 0 Å². The molecule has 3 aromatic rings. The van der Waals surface area contributed by atoms with Crippen molar-refractivity contribution in [3.63, 3.8) is 0 Å². The fraction of sp³-hybridized carbons (Fsp3) is 0.269. The lowest BCUT2D eigenvalue weighted by atomic mass is 9.92. The Labute approximate surface area is 182 Å². The second kappa shape index (κ2) is 9.23. The highest BCUT2D eigenvalue weighted by molar-refractivity contribution is 5.99. The molecular weight excluding hydrogens is 388 g/mol. The van der Waals surface area contributed by atoms with Gasteiger partial charge in [0.15, 0.2) is 0 Å². The van der Waals surface area contributed by atoms with Crippen molar-refractivity contribution in [2.45, 2.75) is 44.8 Å². The predicted molar refractivity (Wildman–Crippen MR) is 124 cm³/mol. The molecule has 0 spiro atoms. The van der Waals surface area contributed by atoms with Gasteiger partial charge in [0.25, 0.3) is 5.91 Å². The minimum Gasteiger partial charge on any atom is -0.457 e. The van der Waals surface area contributed by atoms with Crippen molar-refractivity contribution in [1.29, 1.82) is 0 Å². The Balaban J connectivity index is 1.65. The van der Waals surface area contributed by atoms with Crippen LogP contribution in [0.3, 0.4) is 0 Å². The molecule has 0 unspecified atom stereocenters. The average Bonchev–Trinajstić information content (AvgIpc) is 2.77. The topological polar surface area (TPSA) is 84.6 Å². The molecule has 1 aliphatic rings. The number of amides is 1. The molecule has 3 aromatic carbocycles. The number of anilines is 1. The highest BCUT2D eigenvalue weighted by Gasteiger charge is 2.21. The molecule has 5 heteroatoms. The SMILES string of the molecule is Cc1ccc(Oc2ccccc2-c2ccc(C(N)=O)c(NC3CCC(O)CC3)c2)cc1. The van der Waals surface area contributed by atoms with E-state index in [4.69, 9.17) is 10.5 Å². The summed E-state index contributed by atoms with van der Waals surface area (Å²) < 4.78 is 6.16. The molecular formula is C26H28N2O3. The van der Waals surface area contributed by atoms with Gasteiger partial charge in [-0.2, -0.15) is 0 Å². The van der Waals surface area contributed by atoms with Gasteiger partial charge in [0.05, 0.1) is 11.7 Å². The number of para-hydroxylation sites is 1. The Morgan fingerprint density at radius 1 is 1.00 bits per heavy atom. The van der Waals surface area contributed by atoms with Crippen LogP contribution in [0, 0.1) is 6.92 Å². The van der Waals surface area contributed by atoms with E-state index in [1.165, 1.54) is 5.56 Å². The lowest BCUT2D eigenvalue weighted by Gasteiger charge is -2.28. The second-order valence-electron chi connectivity index (χ2n) is 8.19. The van der Waals surface area contributed by atoms with Crippen molar-refractivity contribution >= 4 is 11.6 Å². The zero-order valence-electron chi connectivity index (χ0n) is 17.7. The summed E-state index contributed by atoms with van der Waals surface area (Å²) in [6.07, 6.45) is 3.01. The van der Waals surface area contributed by atoms with Crippen LogP contribution in [0.15, 0.2) is 66.7 Å². The number of aliphatic hydroxyl groups is 1. The van der Waals surface area contributed by atoms with Crippen molar-refractivity contribution in [3.05, 3.63) is 77.9 Å². The van der Waals surface area contributed by atoms with Gasteiger partial charge in [-0.1, -0.05) is 42.0 Å². The average molecular weight is 417 g/mol. The van der Waals surface area contributed by atoms with Crippen LogP contribution in [0.5, 0.6) is 11.5 Å². The van der Waals surface area contributed by atoms with E-state index in [2.05, 4.69) is 5.32 Å². The molecule has 5 nitrogen and oxygen atoms in total. The number of aliphatic hydroxyl groups excluding tert-OH is 1. The smallest absolute Gasteiger partial charge is 0.250 e. The maximum absolute atomic E-state index is 12.0. The Morgan fingerprint density at radius 2 is 1.71 bits per heavy atom. The van der Waals surface area contributed by atoms with E-state index in [-0.39, 0.29) is 12.1 Å². The van der Waals surface area contributed by atoms with Gasteiger partial charge in [-0.15, -0.1) is 0 Å².